The molecule has 0 radical (unpaired) electrons. The molecule has 0 fully saturated rings. The van der Waals surface area contributed by atoms with Crippen LogP contribution in [0.1, 0.15) is 157 Å². The van der Waals surface area contributed by atoms with Gasteiger partial charge in [-0.25, -0.2) is 0 Å². The van der Waals surface area contributed by atoms with Crippen molar-refractivity contribution in [3.05, 3.63) is 79.9 Å². The van der Waals surface area contributed by atoms with Crippen molar-refractivity contribution in [3.8, 4) is 0 Å². The van der Waals surface area contributed by atoms with Gasteiger partial charge in [0.15, 0.2) is 0 Å². The van der Waals surface area contributed by atoms with E-state index in [9.17, 15) is 0 Å². The lowest BCUT2D eigenvalue weighted by molar-refractivity contribution is 0.349. The van der Waals surface area contributed by atoms with Crippen LogP contribution in [0.25, 0.3) is 12.2 Å². The van der Waals surface area contributed by atoms with Gasteiger partial charge in [-0.2, -0.15) is 0 Å². The van der Waals surface area contributed by atoms with Crippen LogP contribution in [0.3, 0.4) is 0 Å². The van der Waals surface area contributed by atoms with Crippen LogP contribution in [0.5, 0.6) is 0 Å². The van der Waals surface area contributed by atoms with Gasteiger partial charge in [0.1, 0.15) is 0 Å². The topological polar surface area (TPSA) is 0 Å². The third-order valence-electron chi connectivity index (χ3n) is 9.37. The van der Waals surface area contributed by atoms with Gasteiger partial charge in [0.05, 0.1) is 9.75 Å². The molecule has 0 N–H and O–H groups in total. The number of rotatable bonds is 8. The Balaban J connectivity index is 1.87. The molecule has 0 heterocycles. The molecule has 0 bridgehead atoms. The first-order valence-corrected chi connectivity index (χ1v) is 15.5. The van der Waals surface area contributed by atoms with Gasteiger partial charge in [0.2, 0.25) is 0 Å². The number of fused-ring (bicyclic) bond motifs is 2. The zero-order chi connectivity index (χ0) is 28.3. The summed E-state index contributed by atoms with van der Waals surface area (Å²) in [6, 6.07) is 9.60. The first-order valence-electron chi connectivity index (χ1n) is 14.8. The molecule has 2 heteroatoms. The second-order valence-corrected chi connectivity index (χ2v) is 14.5. The Hall–Kier alpha value is -1.50. The van der Waals surface area contributed by atoms with Crippen LogP contribution in [0.4, 0.5) is 0 Å². The van der Waals surface area contributed by atoms with Gasteiger partial charge in [0.25, 0.3) is 0 Å². The predicted molar refractivity (Wildman–Crippen MR) is 170 cm³/mol. The van der Waals surface area contributed by atoms with Gasteiger partial charge in [-0.1, -0.05) is 105 Å². The third kappa shape index (κ3) is 4.62. The van der Waals surface area contributed by atoms with Crippen LogP contribution >= 0.6 is 23.2 Å². The molecule has 0 aliphatic heterocycles. The Morgan fingerprint density at radius 3 is 1.53 bits per heavy atom. The molecular formula is C36H48Cl2. The largest absolute Gasteiger partial charge is 0.109 e. The average Bonchev–Trinajstić information content (AvgIpc) is 3.25. The molecular weight excluding hydrogens is 503 g/mol. The minimum atomic E-state index is -0.555. The molecule has 0 amide bonds. The van der Waals surface area contributed by atoms with Gasteiger partial charge in [-0.3, -0.25) is 0 Å². The van der Waals surface area contributed by atoms with Crippen LogP contribution in [0.2, 0.25) is 0 Å². The van der Waals surface area contributed by atoms with E-state index in [-0.39, 0.29) is 5.92 Å². The van der Waals surface area contributed by atoms with E-state index < -0.39 is 9.75 Å². The van der Waals surface area contributed by atoms with Crippen molar-refractivity contribution in [2.75, 3.05) is 0 Å². The number of alkyl halides is 2. The van der Waals surface area contributed by atoms with Gasteiger partial charge >= 0.3 is 0 Å². The Morgan fingerprint density at radius 1 is 0.632 bits per heavy atom. The number of halogens is 2. The molecule has 0 saturated heterocycles. The third-order valence-corrected chi connectivity index (χ3v) is 10.8. The standard InChI is InChI=1S/C36H48Cl2/c1-12-28(36(38)25(11)14-32-30(23(8)9)16-27(21(4)5)18-34(32)36)19-35(37)24(10)13-31-29(22(6)7)15-26(20(2)3)17-33(31)35/h13-18,20-23,28H,12,19H2,1-11H3. The minimum absolute atomic E-state index is 0.195. The lowest BCUT2D eigenvalue weighted by Gasteiger charge is -2.40. The maximum atomic E-state index is 7.90. The molecule has 2 aromatic carbocycles. The quantitative estimate of drug-likeness (QED) is 0.286. The summed E-state index contributed by atoms with van der Waals surface area (Å²) in [4.78, 5) is -1.11. The number of hydrogen-bond acceptors (Lipinski definition) is 0. The van der Waals surface area contributed by atoms with Crippen molar-refractivity contribution in [2.45, 2.75) is 122 Å². The Kier molecular flexibility index (Phi) is 8.13. The van der Waals surface area contributed by atoms with E-state index in [0.717, 1.165) is 12.8 Å². The van der Waals surface area contributed by atoms with Gasteiger partial charge in [0, 0.05) is 0 Å². The van der Waals surface area contributed by atoms with E-state index in [1.165, 1.54) is 55.7 Å². The Bertz CT molecular complexity index is 1290. The van der Waals surface area contributed by atoms with Crippen LogP contribution in [-0.4, -0.2) is 0 Å². The molecule has 38 heavy (non-hydrogen) atoms. The maximum Gasteiger partial charge on any atom is 0.0939 e. The fraction of sp³-hybridized carbons (Fsp3) is 0.556. The summed E-state index contributed by atoms with van der Waals surface area (Å²) in [6.45, 7) is 25.0. The highest BCUT2D eigenvalue weighted by molar-refractivity contribution is 6.29. The van der Waals surface area contributed by atoms with Crippen LogP contribution in [0.15, 0.2) is 35.4 Å². The molecule has 4 rings (SSSR count). The van der Waals surface area contributed by atoms with Crippen LogP contribution in [0, 0.1) is 5.92 Å². The predicted octanol–water partition coefficient (Wildman–Crippen LogP) is 12.0. The lowest BCUT2D eigenvalue weighted by atomic mass is 9.73. The molecule has 0 nitrogen and oxygen atoms in total. The first-order chi connectivity index (χ1) is 17.7. The number of allylic oxidation sites excluding steroid dienone is 2. The van der Waals surface area contributed by atoms with Gasteiger partial charge in [-0.05, 0) is 106 Å². The van der Waals surface area contributed by atoms with E-state index in [1.807, 2.05) is 0 Å². The average molecular weight is 552 g/mol. The fourth-order valence-corrected chi connectivity index (χ4v) is 7.61. The summed E-state index contributed by atoms with van der Waals surface area (Å²) in [5, 5.41) is 0. The van der Waals surface area contributed by atoms with Crippen molar-refractivity contribution in [1.29, 1.82) is 0 Å². The zero-order valence-electron chi connectivity index (χ0n) is 25.5. The van der Waals surface area contributed by atoms with Crippen LogP contribution in [-0.2, 0) is 9.75 Å². The molecule has 0 aromatic heterocycles. The molecule has 0 spiro atoms. The Morgan fingerprint density at radius 2 is 1.08 bits per heavy atom. The molecule has 2 aliphatic carbocycles. The van der Waals surface area contributed by atoms with Crippen molar-refractivity contribution < 1.29 is 0 Å². The van der Waals surface area contributed by atoms with E-state index in [0.29, 0.717) is 23.7 Å². The fourth-order valence-electron chi connectivity index (χ4n) is 6.77. The molecule has 206 valence electrons. The van der Waals surface area contributed by atoms with Crippen LogP contribution < -0.4 is 0 Å². The normalized spacial score (nSPS) is 23.4. The summed E-state index contributed by atoms with van der Waals surface area (Å²) in [6.07, 6.45) is 6.50. The molecule has 3 unspecified atom stereocenters. The first kappa shape index (κ1) is 29.5. The highest BCUT2D eigenvalue weighted by Crippen LogP contribution is 2.59. The molecule has 2 aromatic rings. The molecule has 3 atom stereocenters. The van der Waals surface area contributed by atoms with Gasteiger partial charge in [-0.15, -0.1) is 23.2 Å². The summed E-state index contributed by atoms with van der Waals surface area (Å²) >= 11 is 15.7. The maximum absolute atomic E-state index is 7.90. The second kappa shape index (κ2) is 10.5. The van der Waals surface area contributed by atoms with E-state index in [1.54, 1.807) is 0 Å². The molecule has 0 saturated carbocycles. The number of hydrogen-bond donors (Lipinski definition) is 0. The van der Waals surface area contributed by atoms with E-state index in [4.69, 9.17) is 23.2 Å². The van der Waals surface area contributed by atoms with Crippen molar-refractivity contribution >= 4 is 35.4 Å². The van der Waals surface area contributed by atoms with E-state index in [2.05, 4.69) is 113 Å². The number of benzene rings is 2. The highest BCUT2D eigenvalue weighted by atomic mass is 35.5. The van der Waals surface area contributed by atoms with Gasteiger partial charge < -0.3 is 0 Å². The minimum Gasteiger partial charge on any atom is -0.109 e. The van der Waals surface area contributed by atoms with Crippen molar-refractivity contribution in [3.63, 3.8) is 0 Å². The smallest absolute Gasteiger partial charge is 0.0939 e. The zero-order valence-corrected chi connectivity index (χ0v) is 27.0. The van der Waals surface area contributed by atoms with E-state index >= 15 is 0 Å². The monoisotopic (exact) mass is 550 g/mol. The summed E-state index contributed by atoms with van der Waals surface area (Å²) in [5.41, 5.74) is 13.3. The highest BCUT2D eigenvalue weighted by Gasteiger charge is 2.50. The summed E-state index contributed by atoms with van der Waals surface area (Å²) in [5.74, 6) is 2.00. The lowest BCUT2D eigenvalue weighted by Crippen LogP contribution is -2.34. The second-order valence-electron chi connectivity index (χ2n) is 13.2. The molecule has 2 aliphatic rings. The van der Waals surface area contributed by atoms with Crippen molar-refractivity contribution in [1.82, 2.24) is 0 Å². The van der Waals surface area contributed by atoms with Crippen molar-refractivity contribution in [2.24, 2.45) is 5.92 Å². The SMILES string of the molecule is CCC(CC1(Cl)C(C)=Cc2c(C(C)C)cc(C(C)C)cc21)C1(Cl)C(C)=Cc2c(C(C)C)cc(C(C)C)cc21. The summed E-state index contributed by atoms with van der Waals surface area (Å²) < 4.78 is 0. The summed E-state index contributed by atoms with van der Waals surface area (Å²) in [7, 11) is 0. The Labute approximate surface area is 242 Å².